The van der Waals surface area contributed by atoms with E-state index in [4.69, 9.17) is 0 Å². The summed E-state index contributed by atoms with van der Waals surface area (Å²) in [5, 5.41) is 0.670. The van der Waals surface area contributed by atoms with Gasteiger partial charge in [0.05, 0.1) is 17.2 Å². The van der Waals surface area contributed by atoms with Gasteiger partial charge in [-0.3, -0.25) is 4.79 Å². The molecular formula is C12H12N2O. The summed E-state index contributed by atoms with van der Waals surface area (Å²) in [6.07, 6.45) is 4.32. The van der Waals surface area contributed by atoms with Crippen molar-refractivity contribution in [1.29, 1.82) is 0 Å². The van der Waals surface area contributed by atoms with Crippen LogP contribution in [0.5, 0.6) is 0 Å². The predicted molar refractivity (Wildman–Crippen MR) is 60.8 cm³/mol. The van der Waals surface area contributed by atoms with Gasteiger partial charge in [0.15, 0.2) is 0 Å². The van der Waals surface area contributed by atoms with E-state index in [0.29, 0.717) is 5.39 Å². The van der Waals surface area contributed by atoms with Crippen LogP contribution in [-0.2, 0) is 6.54 Å². The summed E-state index contributed by atoms with van der Waals surface area (Å²) < 4.78 is 1.97. The number of hydrogen-bond donors (Lipinski definition) is 0. The van der Waals surface area contributed by atoms with Crippen LogP contribution < -0.4 is 5.56 Å². The van der Waals surface area contributed by atoms with Crippen molar-refractivity contribution in [3.05, 3.63) is 53.6 Å². The average Bonchev–Trinajstić information content (AvgIpc) is 2.29. The maximum absolute atomic E-state index is 11.5. The minimum Gasteiger partial charge on any atom is -0.331 e. The third-order valence-corrected chi connectivity index (χ3v) is 2.33. The average molecular weight is 200 g/mol. The van der Waals surface area contributed by atoms with Crippen molar-refractivity contribution in [1.82, 2.24) is 9.55 Å². The molecule has 0 fully saturated rings. The third-order valence-electron chi connectivity index (χ3n) is 2.33. The zero-order chi connectivity index (χ0) is 10.7. The van der Waals surface area contributed by atoms with Crippen molar-refractivity contribution < 1.29 is 0 Å². The quantitative estimate of drug-likeness (QED) is 0.710. The molecule has 0 saturated heterocycles. The van der Waals surface area contributed by atoms with Crippen molar-refractivity contribution in [3.63, 3.8) is 0 Å². The molecule has 0 N–H and O–H groups in total. The number of aromatic nitrogens is 2. The fourth-order valence-corrected chi connectivity index (χ4v) is 1.57. The Hall–Kier alpha value is -1.90. The smallest absolute Gasteiger partial charge is 0.280 e. The van der Waals surface area contributed by atoms with Crippen molar-refractivity contribution in [2.24, 2.45) is 0 Å². The zero-order valence-corrected chi connectivity index (χ0v) is 8.39. The maximum Gasteiger partial charge on any atom is 0.280 e. The Morgan fingerprint density at radius 2 is 2.20 bits per heavy atom. The Morgan fingerprint density at radius 1 is 1.40 bits per heavy atom. The summed E-state index contributed by atoms with van der Waals surface area (Å²) in [7, 11) is 0. The number of aryl methyl sites for hydroxylation is 1. The number of fused-ring (bicyclic) bond motifs is 1. The van der Waals surface area contributed by atoms with Crippen LogP contribution in [0.2, 0.25) is 0 Å². The Kier molecular flexibility index (Phi) is 2.63. The maximum atomic E-state index is 11.5. The summed E-state index contributed by atoms with van der Waals surface area (Å²) in [5.74, 6) is 0. The first-order chi connectivity index (χ1) is 7.33. The van der Waals surface area contributed by atoms with E-state index in [9.17, 15) is 4.79 Å². The monoisotopic (exact) mass is 200 g/mol. The molecule has 0 aliphatic heterocycles. The fraction of sp³-hybridized carbons (Fsp3) is 0.167. The molecule has 0 atom stereocenters. The van der Waals surface area contributed by atoms with E-state index in [1.807, 2.05) is 28.8 Å². The van der Waals surface area contributed by atoms with Crippen LogP contribution in [0.15, 0.2) is 48.0 Å². The van der Waals surface area contributed by atoms with Crippen LogP contribution in [0.1, 0.15) is 6.42 Å². The van der Waals surface area contributed by atoms with Gasteiger partial charge in [0.25, 0.3) is 5.56 Å². The van der Waals surface area contributed by atoms with E-state index >= 15 is 0 Å². The lowest BCUT2D eigenvalue weighted by Crippen LogP contribution is -2.12. The van der Waals surface area contributed by atoms with Gasteiger partial charge >= 0.3 is 0 Å². The molecule has 76 valence electrons. The van der Waals surface area contributed by atoms with E-state index < -0.39 is 0 Å². The second-order valence-electron chi connectivity index (χ2n) is 3.34. The molecule has 1 aromatic heterocycles. The molecule has 2 aromatic rings. The summed E-state index contributed by atoms with van der Waals surface area (Å²) in [6, 6.07) is 7.51. The third kappa shape index (κ3) is 1.81. The number of allylic oxidation sites excluding steroid dienone is 1. The van der Waals surface area contributed by atoms with Gasteiger partial charge in [-0.2, -0.15) is 4.98 Å². The lowest BCUT2D eigenvalue weighted by molar-refractivity contribution is 0.714. The van der Waals surface area contributed by atoms with Gasteiger partial charge in [-0.05, 0) is 18.6 Å². The molecule has 0 aliphatic carbocycles. The number of para-hydroxylation sites is 1. The van der Waals surface area contributed by atoms with Crippen molar-refractivity contribution >= 4 is 10.9 Å². The highest BCUT2D eigenvalue weighted by Crippen LogP contribution is 2.08. The molecule has 0 unspecified atom stereocenters. The number of benzene rings is 1. The van der Waals surface area contributed by atoms with Crippen LogP contribution in [0.4, 0.5) is 0 Å². The first-order valence-corrected chi connectivity index (χ1v) is 4.88. The van der Waals surface area contributed by atoms with Gasteiger partial charge in [0, 0.05) is 6.54 Å². The van der Waals surface area contributed by atoms with Crippen LogP contribution >= 0.6 is 0 Å². The van der Waals surface area contributed by atoms with Gasteiger partial charge in [-0.1, -0.05) is 18.2 Å². The van der Waals surface area contributed by atoms with Gasteiger partial charge < -0.3 is 4.57 Å². The molecular weight excluding hydrogens is 188 g/mol. The molecule has 3 nitrogen and oxygen atoms in total. The largest absolute Gasteiger partial charge is 0.331 e. The first-order valence-electron chi connectivity index (χ1n) is 4.88. The van der Waals surface area contributed by atoms with Crippen LogP contribution in [0.3, 0.4) is 0 Å². The van der Waals surface area contributed by atoms with Crippen LogP contribution in [0, 0.1) is 0 Å². The predicted octanol–water partition coefficient (Wildman–Crippen LogP) is 1.97. The van der Waals surface area contributed by atoms with E-state index in [1.54, 1.807) is 12.4 Å². The second kappa shape index (κ2) is 4.09. The molecule has 3 heteroatoms. The highest BCUT2D eigenvalue weighted by Gasteiger charge is 2.01. The number of hydrogen-bond acceptors (Lipinski definition) is 2. The molecule has 0 radical (unpaired) electrons. The van der Waals surface area contributed by atoms with E-state index in [0.717, 1.165) is 18.5 Å². The molecule has 1 heterocycles. The molecule has 15 heavy (non-hydrogen) atoms. The molecule has 0 aliphatic rings. The standard InChI is InChI=1S/C12H12N2O/c1-2-3-8-14-9-13-12(15)10-6-4-5-7-11(10)14/h2,4-7,9H,1,3,8H2. The Labute approximate surface area is 87.7 Å². The number of nitrogens with zero attached hydrogens (tertiary/aromatic N) is 2. The molecule has 1 aromatic carbocycles. The van der Waals surface area contributed by atoms with Gasteiger partial charge in [-0.15, -0.1) is 6.58 Å². The van der Waals surface area contributed by atoms with Gasteiger partial charge in [-0.25, -0.2) is 0 Å². The Balaban J connectivity index is 2.61. The molecule has 2 rings (SSSR count). The highest BCUT2D eigenvalue weighted by atomic mass is 16.1. The van der Waals surface area contributed by atoms with E-state index in [1.165, 1.54) is 0 Å². The summed E-state index contributed by atoms with van der Waals surface area (Å²) in [5.41, 5.74) is 0.764. The zero-order valence-electron chi connectivity index (χ0n) is 8.39. The van der Waals surface area contributed by atoms with Gasteiger partial charge in [0.1, 0.15) is 0 Å². The second-order valence-corrected chi connectivity index (χ2v) is 3.34. The molecule has 0 bridgehead atoms. The lowest BCUT2D eigenvalue weighted by atomic mass is 10.2. The van der Waals surface area contributed by atoms with E-state index in [2.05, 4.69) is 11.6 Å². The molecule has 0 spiro atoms. The Morgan fingerprint density at radius 3 is 3.00 bits per heavy atom. The summed E-state index contributed by atoms with van der Waals surface area (Å²) >= 11 is 0. The van der Waals surface area contributed by atoms with Crippen molar-refractivity contribution in [2.75, 3.05) is 0 Å². The topological polar surface area (TPSA) is 34.9 Å². The van der Waals surface area contributed by atoms with Crippen LogP contribution in [-0.4, -0.2) is 9.55 Å². The lowest BCUT2D eigenvalue weighted by Gasteiger charge is -2.07. The Bertz CT molecular complexity index is 543. The fourth-order valence-electron chi connectivity index (χ4n) is 1.57. The van der Waals surface area contributed by atoms with Crippen LogP contribution in [0.25, 0.3) is 10.9 Å². The SMILES string of the molecule is C=CCCn1cnc(=O)c2ccccc21. The highest BCUT2D eigenvalue weighted by molar-refractivity contribution is 5.77. The van der Waals surface area contributed by atoms with Crippen molar-refractivity contribution in [2.45, 2.75) is 13.0 Å². The summed E-state index contributed by atoms with van der Waals surface area (Å²) in [4.78, 5) is 15.3. The number of rotatable bonds is 3. The van der Waals surface area contributed by atoms with Gasteiger partial charge in [0.2, 0.25) is 0 Å². The summed E-state index contributed by atoms with van der Waals surface area (Å²) in [6.45, 7) is 4.48. The molecule has 0 amide bonds. The normalized spacial score (nSPS) is 10.4. The van der Waals surface area contributed by atoms with E-state index in [-0.39, 0.29) is 5.56 Å². The first kappa shape index (κ1) is 9.65. The minimum absolute atomic E-state index is 0.166. The van der Waals surface area contributed by atoms with Crippen molar-refractivity contribution in [3.8, 4) is 0 Å². The minimum atomic E-state index is -0.166. The molecule has 0 saturated carbocycles.